The summed E-state index contributed by atoms with van der Waals surface area (Å²) in [6.07, 6.45) is 0. The second-order valence-electron chi connectivity index (χ2n) is 3.83. The fourth-order valence-electron chi connectivity index (χ4n) is 1.64. The van der Waals surface area contributed by atoms with Gasteiger partial charge < -0.3 is 9.47 Å². The lowest BCUT2D eigenvalue weighted by Gasteiger charge is -2.38. The second-order valence-corrected chi connectivity index (χ2v) is 5.09. The highest BCUT2D eigenvalue weighted by Crippen LogP contribution is 2.42. The van der Waals surface area contributed by atoms with Gasteiger partial charge in [0.1, 0.15) is 5.75 Å². The maximum Gasteiger partial charge on any atom is 0.124 e. The molecule has 2 rings (SSSR count). The first-order valence-electron chi connectivity index (χ1n) is 4.71. The van der Waals surface area contributed by atoms with Gasteiger partial charge in [0.05, 0.1) is 25.1 Å². The normalized spacial score (nSPS) is 18.4. The minimum Gasteiger partial charge on any atom is -0.496 e. The lowest BCUT2D eigenvalue weighted by molar-refractivity contribution is -0.0106. The molecule has 0 unspecified atom stereocenters. The van der Waals surface area contributed by atoms with E-state index in [1.54, 1.807) is 7.11 Å². The van der Waals surface area contributed by atoms with Gasteiger partial charge in [-0.3, -0.25) is 0 Å². The molecular formula is C11H13ClO2S. The molecular weight excluding hydrogens is 232 g/mol. The van der Waals surface area contributed by atoms with Crippen LogP contribution in [0.25, 0.3) is 0 Å². The number of halogens is 1. The molecule has 0 radical (unpaired) electrons. The van der Waals surface area contributed by atoms with Gasteiger partial charge >= 0.3 is 0 Å². The first-order chi connectivity index (χ1) is 7.07. The summed E-state index contributed by atoms with van der Waals surface area (Å²) in [7, 11) is 1.66. The molecule has 1 fully saturated rings. The van der Waals surface area contributed by atoms with E-state index in [1.165, 1.54) is 0 Å². The lowest BCUT2D eigenvalue weighted by Crippen LogP contribution is -2.41. The summed E-state index contributed by atoms with van der Waals surface area (Å²) in [6, 6.07) is 3.86. The van der Waals surface area contributed by atoms with Crippen LogP contribution in [0.5, 0.6) is 5.75 Å². The van der Waals surface area contributed by atoms with Crippen LogP contribution in [-0.4, -0.2) is 20.3 Å². The van der Waals surface area contributed by atoms with Gasteiger partial charge in [0, 0.05) is 10.6 Å². The summed E-state index contributed by atoms with van der Waals surface area (Å²) in [5.74, 6) is 0.829. The van der Waals surface area contributed by atoms with E-state index < -0.39 is 0 Å². The van der Waals surface area contributed by atoms with Crippen LogP contribution < -0.4 is 4.74 Å². The molecule has 0 atom stereocenters. The number of methoxy groups -OCH3 is 1. The Bertz CT molecular complexity index is 388. The van der Waals surface area contributed by atoms with Crippen LogP contribution in [0.3, 0.4) is 0 Å². The van der Waals surface area contributed by atoms with Crippen LogP contribution in [0.2, 0.25) is 5.02 Å². The van der Waals surface area contributed by atoms with E-state index in [0.717, 1.165) is 21.9 Å². The summed E-state index contributed by atoms with van der Waals surface area (Å²) < 4.78 is 10.3. The highest BCUT2D eigenvalue weighted by molar-refractivity contribution is 7.81. The molecule has 1 aromatic carbocycles. The minimum atomic E-state index is -0.247. The smallest absolute Gasteiger partial charge is 0.124 e. The van der Waals surface area contributed by atoms with Gasteiger partial charge in [-0.2, -0.15) is 12.6 Å². The quantitative estimate of drug-likeness (QED) is 0.807. The molecule has 0 spiro atoms. The molecule has 1 aromatic rings. The SMILES string of the molecule is COc1cc(C)c(Cl)cc1C1(S)COC1. The molecule has 1 aliphatic heterocycles. The molecule has 0 bridgehead atoms. The van der Waals surface area contributed by atoms with Gasteiger partial charge in [0.15, 0.2) is 0 Å². The molecule has 2 nitrogen and oxygen atoms in total. The van der Waals surface area contributed by atoms with Crippen molar-refractivity contribution in [3.63, 3.8) is 0 Å². The topological polar surface area (TPSA) is 18.5 Å². The molecule has 0 saturated carbocycles. The summed E-state index contributed by atoms with van der Waals surface area (Å²) in [4.78, 5) is 0. The van der Waals surface area contributed by atoms with E-state index in [0.29, 0.717) is 13.2 Å². The number of rotatable bonds is 2. The predicted molar refractivity (Wildman–Crippen MR) is 64.2 cm³/mol. The Labute approximate surface area is 99.9 Å². The van der Waals surface area contributed by atoms with E-state index in [2.05, 4.69) is 12.6 Å². The fraction of sp³-hybridized carbons (Fsp3) is 0.455. The molecule has 0 N–H and O–H groups in total. The summed E-state index contributed by atoms with van der Waals surface area (Å²) in [6.45, 7) is 3.16. The van der Waals surface area contributed by atoms with Gasteiger partial charge in [-0.05, 0) is 24.6 Å². The fourth-order valence-corrected chi connectivity index (χ4v) is 2.16. The lowest BCUT2D eigenvalue weighted by atomic mass is 9.94. The van der Waals surface area contributed by atoms with Crippen LogP contribution >= 0.6 is 24.2 Å². The zero-order valence-corrected chi connectivity index (χ0v) is 10.4. The molecule has 0 aliphatic carbocycles. The molecule has 0 amide bonds. The Morgan fingerprint density at radius 3 is 2.60 bits per heavy atom. The van der Waals surface area contributed by atoms with Crippen molar-refractivity contribution < 1.29 is 9.47 Å². The molecule has 15 heavy (non-hydrogen) atoms. The van der Waals surface area contributed by atoms with Gasteiger partial charge in [-0.15, -0.1) is 0 Å². The second kappa shape index (κ2) is 3.89. The molecule has 4 heteroatoms. The van der Waals surface area contributed by atoms with Crippen molar-refractivity contribution in [3.8, 4) is 5.75 Å². The average Bonchev–Trinajstić information content (AvgIpc) is 2.18. The minimum absolute atomic E-state index is 0.247. The number of benzene rings is 1. The first-order valence-corrected chi connectivity index (χ1v) is 5.54. The Kier molecular flexibility index (Phi) is 2.88. The van der Waals surface area contributed by atoms with E-state index in [1.807, 2.05) is 19.1 Å². The van der Waals surface area contributed by atoms with Crippen molar-refractivity contribution in [1.82, 2.24) is 0 Å². The number of aryl methyl sites for hydroxylation is 1. The summed E-state index contributed by atoms with van der Waals surface area (Å²) >= 11 is 10.7. The van der Waals surface area contributed by atoms with Crippen molar-refractivity contribution in [2.75, 3.05) is 20.3 Å². The van der Waals surface area contributed by atoms with Crippen molar-refractivity contribution in [1.29, 1.82) is 0 Å². The van der Waals surface area contributed by atoms with Crippen molar-refractivity contribution in [3.05, 3.63) is 28.3 Å². The highest BCUT2D eigenvalue weighted by atomic mass is 35.5. The monoisotopic (exact) mass is 244 g/mol. The number of hydrogen-bond acceptors (Lipinski definition) is 3. The number of thiol groups is 1. The van der Waals surface area contributed by atoms with Crippen molar-refractivity contribution >= 4 is 24.2 Å². The van der Waals surface area contributed by atoms with Crippen LogP contribution in [0, 0.1) is 6.92 Å². The molecule has 1 aliphatic rings. The van der Waals surface area contributed by atoms with E-state index in [-0.39, 0.29) is 4.75 Å². The first kappa shape index (κ1) is 11.1. The van der Waals surface area contributed by atoms with E-state index in [4.69, 9.17) is 21.1 Å². The van der Waals surface area contributed by atoms with Crippen LogP contribution in [0.1, 0.15) is 11.1 Å². The zero-order valence-electron chi connectivity index (χ0n) is 8.71. The Morgan fingerprint density at radius 1 is 1.47 bits per heavy atom. The van der Waals surface area contributed by atoms with Gasteiger partial charge in [0.2, 0.25) is 0 Å². The van der Waals surface area contributed by atoms with E-state index >= 15 is 0 Å². The zero-order chi connectivity index (χ0) is 11.1. The Hall–Kier alpha value is -0.380. The Balaban J connectivity index is 2.49. The molecule has 82 valence electrons. The summed E-state index contributed by atoms with van der Waals surface area (Å²) in [5, 5.41) is 0.742. The highest BCUT2D eigenvalue weighted by Gasteiger charge is 2.39. The van der Waals surface area contributed by atoms with Gasteiger partial charge in [-0.25, -0.2) is 0 Å². The van der Waals surface area contributed by atoms with Crippen LogP contribution in [0.15, 0.2) is 12.1 Å². The van der Waals surface area contributed by atoms with Gasteiger partial charge in [-0.1, -0.05) is 11.6 Å². The number of ether oxygens (including phenoxy) is 2. The van der Waals surface area contributed by atoms with Crippen molar-refractivity contribution in [2.45, 2.75) is 11.7 Å². The molecule has 1 saturated heterocycles. The third-order valence-corrected chi connectivity index (χ3v) is 3.57. The third-order valence-electron chi connectivity index (χ3n) is 2.66. The average molecular weight is 245 g/mol. The van der Waals surface area contributed by atoms with E-state index in [9.17, 15) is 0 Å². The largest absolute Gasteiger partial charge is 0.496 e. The maximum atomic E-state index is 6.10. The Morgan fingerprint density at radius 2 is 2.13 bits per heavy atom. The number of hydrogen-bond donors (Lipinski definition) is 1. The maximum absolute atomic E-state index is 6.10. The van der Waals surface area contributed by atoms with Crippen molar-refractivity contribution in [2.24, 2.45) is 0 Å². The predicted octanol–water partition coefficient (Wildman–Crippen LogP) is 2.81. The van der Waals surface area contributed by atoms with Gasteiger partial charge in [0.25, 0.3) is 0 Å². The van der Waals surface area contributed by atoms with Crippen LogP contribution in [0.4, 0.5) is 0 Å². The molecule has 0 aromatic heterocycles. The van der Waals surface area contributed by atoms with Crippen LogP contribution in [-0.2, 0) is 9.48 Å². The molecule has 1 heterocycles. The summed E-state index contributed by atoms with van der Waals surface area (Å²) in [5.41, 5.74) is 2.02. The third kappa shape index (κ3) is 1.84. The standard InChI is InChI=1S/C11H13ClO2S/c1-7-3-10(13-2)8(4-9(7)12)11(15)5-14-6-11/h3-4,15H,5-6H2,1-2H3.